The van der Waals surface area contributed by atoms with Crippen molar-refractivity contribution in [2.45, 2.75) is 13.3 Å². The molecule has 0 saturated carbocycles. The summed E-state index contributed by atoms with van der Waals surface area (Å²) in [5.41, 5.74) is 0.998. The molecule has 0 aliphatic rings. The molecule has 0 aliphatic heterocycles. The van der Waals surface area contributed by atoms with Gasteiger partial charge in [0.2, 0.25) is 0 Å². The topological polar surface area (TPSA) is 22.1 Å². The fraction of sp³-hybridized carbons (Fsp3) is 0.182. The zero-order valence-corrected chi connectivity index (χ0v) is 10.9. The molecule has 1 aromatic carbocycles. The van der Waals surface area contributed by atoms with Crippen molar-refractivity contribution < 1.29 is 9.13 Å². The second kappa shape index (κ2) is 4.93. The van der Waals surface area contributed by atoms with E-state index in [2.05, 4.69) is 20.9 Å². The van der Waals surface area contributed by atoms with E-state index in [1.54, 1.807) is 6.07 Å². The Kier molecular flexibility index (Phi) is 3.56. The average Bonchev–Trinajstić information content (AvgIpc) is 2.70. The highest BCUT2D eigenvalue weighted by molar-refractivity contribution is 9.10. The van der Waals surface area contributed by atoms with E-state index >= 15 is 0 Å². The molecular formula is C11H9BrFNOS. The first-order chi connectivity index (χ1) is 7.69. The first-order valence-corrected chi connectivity index (χ1v) is 6.43. The molecule has 5 heteroatoms. The molecule has 0 bridgehead atoms. The Hall–Kier alpha value is -0.940. The Labute approximate surface area is 105 Å². The van der Waals surface area contributed by atoms with Crippen LogP contribution in [0.5, 0.6) is 10.9 Å². The second-order valence-corrected chi connectivity index (χ2v) is 4.81. The van der Waals surface area contributed by atoms with Crippen molar-refractivity contribution in [1.29, 1.82) is 0 Å². The quantitative estimate of drug-likeness (QED) is 0.838. The molecule has 0 spiro atoms. The normalized spacial score (nSPS) is 10.4. The molecule has 84 valence electrons. The molecule has 0 saturated heterocycles. The fourth-order valence-corrected chi connectivity index (χ4v) is 2.35. The van der Waals surface area contributed by atoms with E-state index in [-0.39, 0.29) is 5.82 Å². The maximum absolute atomic E-state index is 12.8. The lowest BCUT2D eigenvalue weighted by atomic mass is 10.3. The maximum Gasteiger partial charge on any atom is 0.278 e. The molecule has 2 nitrogen and oxygen atoms in total. The van der Waals surface area contributed by atoms with Crippen LogP contribution in [0.4, 0.5) is 4.39 Å². The van der Waals surface area contributed by atoms with Gasteiger partial charge in [-0.25, -0.2) is 9.37 Å². The summed E-state index contributed by atoms with van der Waals surface area (Å²) in [6.45, 7) is 2.03. The minimum atomic E-state index is -0.299. The van der Waals surface area contributed by atoms with Crippen molar-refractivity contribution in [1.82, 2.24) is 4.98 Å². The van der Waals surface area contributed by atoms with Crippen LogP contribution in [0.3, 0.4) is 0 Å². The zero-order chi connectivity index (χ0) is 11.5. The van der Waals surface area contributed by atoms with Gasteiger partial charge < -0.3 is 4.74 Å². The highest BCUT2D eigenvalue weighted by Crippen LogP contribution is 2.31. The number of ether oxygens (including phenoxy) is 1. The van der Waals surface area contributed by atoms with Gasteiger partial charge in [0.15, 0.2) is 0 Å². The summed E-state index contributed by atoms with van der Waals surface area (Å²) in [6, 6.07) is 4.30. The Morgan fingerprint density at radius 1 is 1.50 bits per heavy atom. The third-order valence-corrected chi connectivity index (χ3v) is 3.37. The lowest BCUT2D eigenvalue weighted by molar-refractivity contribution is 0.472. The minimum absolute atomic E-state index is 0.299. The van der Waals surface area contributed by atoms with Crippen LogP contribution >= 0.6 is 27.3 Å². The number of halogens is 2. The summed E-state index contributed by atoms with van der Waals surface area (Å²) in [7, 11) is 0. The van der Waals surface area contributed by atoms with Crippen LogP contribution < -0.4 is 4.74 Å². The van der Waals surface area contributed by atoms with Crippen LogP contribution in [0, 0.1) is 5.82 Å². The molecule has 0 amide bonds. The lowest BCUT2D eigenvalue weighted by Crippen LogP contribution is -1.86. The van der Waals surface area contributed by atoms with Gasteiger partial charge in [-0.3, -0.25) is 0 Å². The number of aryl methyl sites for hydroxylation is 1. The molecule has 0 N–H and O–H groups in total. The molecule has 0 atom stereocenters. The average molecular weight is 302 g/mol. The number of benzene rings is 1. The van der Waals surface area contributed by atoms with Crippen molar-refractivity contribution in [3.63, 3.8) is 0 Å². The van der Waals surface area contributed by atoms with Crippen LogP contribution in [0.25, 0.3) is 0 Å². The zero-order valence-electron chi connectivity index (χ0n) is 8.54. The standard InChI is InChI=1S/C11H9BrFNOS/c1-2-8-6-16-11(14-8)15-10-4-3-7(13)5-9(10)12/h3-6H,2H2,1H3. The molecule has 1 heterocycles. The Bertz CT molecular complexity index is 500. The number of nitrogens with zero attached hydrogens (tertiary/aromatic N) is 1. The summed E-state index contributed by atoms with van der Waals surface area (Å²) in [4.78, 5) is 4.27. The monoisotopic (exact) mass is 301 g/mol. The van der Waals surface area contributed by atoms with E-state index in [1.807, 2.05) is 12.3 Å². The number of hydrogen-bond acceptors (Lipinski definition) is 3. The number of rotatable bonds is 3. The van der Waals surface area contributed by atoms with Gasteiger partial charge >= 0.3 is 0 Å². The number of aromatic nitrogens is 1. The van der Waals surface area contributed by atoms with E-state index in [9.17, 15) is 4.39 Å². The first kappa shape index (κ1) is 11.5. The van der Waals surface area contributed by atoms with Gasteiger partial charge in [-0.15, -0.1) is 0 Å². The van der Waals surface area contributed by atoms with Crippen molar-refractivity contribution in [3.05, 3.63) is 39.6 Å². The van der Waals surface area contributed by atoms with Crippen molar-refractivity contribution in [3.8, 4) is 10.9 Å². The second-order valence-electron chi connectivity index (χ2n) is 3.14. The van der Waals surface area contributed by atoms with Gasteiger partial charge in [0.05, 0.1) is 10.2 Å². The molecule has 2 rings (SSSR count). The first-order valence-electron chi connectivity index (χ1n) is 4.76. The van der Waals surface area contributed by atoms with E-state index in [0.29, 0.717) is 15.4 Å². The molecule has 2 aromatic rings. The van der Waals surface area contributed by atoms with Gasteiger partial charge in [0.1, 0.15) is 11.6 Å². The molecule has 16 heavy (non-hydrogen) atoms. The van der Waals surface area contributed by atoms with Crippen LogP contribution in [-0.4, -0.2) is 4.98 Å². The lowest BCUT2D eigenvalue weighted by Gasteiger charge is -2.03. The number of thiazole rings is 1. The largest absolute Gasteiger partial charge is 0.430 e. The summed E-state index contributed by atoms with van der Waals surface area (Å²) in [5.74, 6) is 0.269. The van der Waals surface area contributed by atoms with Gasteiger partial charge in [-0.05, 0) is 40.5 Å². The molecule has 1 aromatic heterocycles. The SMILES string of the molecule is CCc1csc(Oc2ccc(F)cc2Br)n1. The summed E-state index contributed by atoms with van der Waals surface area (Å²) in [6.07, 6.45) is 0.879. The van der Waals surface area contributed by atoms with E-state index in [0.717, 1.165) is 12.1 Å². The predicted molar refractivity (Wildman–Crippen MR) is 65.7 cm³/mol. The van der Waals surface area contributed by atoms with Gasteiger partial charge in [0.25, 0.3) is 5.19 Å². The summed E-state index contributed by atoms with van der Waals surface area (Å²) in [5, 5.41) is 2.52. The van der Waals surface area contributed by atoms with Crippen molar-refractivity contribution in [2.24, 2.45) is 0 Å². The van der Waals surface area contributed by atoms with Crippen LogP contribution in [0.2, 0.25) is 0 Å². The third kappa shape index (κ3) is 2.59. The molecular weight excluding hydrogens is 293 g/mol. The predicted octanol–water partition coefficient (Wildman–Crippen LogP) is 4.40. The number of hydrogen-bond donors (Lipinski definition) is 0. The summed E-state index contributed by atoms with van der Waals surface area (Å²) < 4.78 is 19.0. The van der Waals surface area contributed by atoms with E-state index in [4.69, 9.17) is 4.74 Å². The Morgan fingerprint density at radius 3 is 2.94 bits per heavy atom. The molecule has 0 fully saturated rings. The van der Waals surface area contributed by atoms with Crippen molar-refractivity contribution in [2.75, 3.05) is 0 Å². The highest BCUT2D eigenvalue weighted by atomic mass is 79.9. The van der Waals surface area contributed by atoms with E-state index in [1.165, 1.54) is 23.5 Å². The fourth-order valence-electron chi connectivity index (χ4n) is 1.15. The van der Waals surface area contributed by atoms with Gasteiger partial charge in [-0.1, -0.05) is 18.3 Å². The summed E-state index contributed by atoms with van der Waals surface area (Å²) >= 11 is 4.67. The molecule has 0 radical (unpaired) electrons. The maximum atomic E-state index is 12.8. The van der Waals surface area contributed by atoms with Crippen LogP contribution in [0.15, 0.2) is 28.1 Å². The van der Waals surface area contributed by atoms with Gasteiger partial charge in [0, 0.05) is 5.38 Å². The van der Waals surface area contributed by atoms with E-state index < -0.39 is 0 Å². The molecule has 0 aliphatic carbocycles. The minimum Gasteiger partial charge on any atom is -0.430 e. The van der Waals surface area contributed by atoms with Crippen LogP contribution in [-0.2, 0) is 6.42 Å². The highest BCUT2D eigenvalue weighted by Gasteiger charge is 2.07. The van der Waals surface area contributed by atoms with Crippen molar-refractivity contribution >= 4 is 27.3 Å². The molecule has 0 unspecified atom stereocenters. The Balaban J connectivity index is 2.20. The smallest absolute Gasteiger partial charge is 0.278 e. The van der Waals surface area contributed by atoms with Gasteiger partial charge in [-0.2, -0.15) is 0 Å². The Morgan fingerprint density at radius 2 is 2.31 bits per heavy atom. The van der Waals surface area contributed by atoms with Crippen LogP contribution in [0.1, 0.15) is 12.6 Å². The third-order valence-electron chi connectivity index (χ3n) is 1.98.